The van der Waals surface area contributed by atoms with Gasteiger partial charge < -0.3 is 10.1 Å². The molecule has 0 radical (unpaired) electrons. The zero-order chi connectivity index (χ0) is 15.4. The molecule has 0 saturated carbocycles. The predicted octanol–water partition coefficient (Wildman–Crippen LogP) is 4.95. The minimum atomic E-state index is -0.298. The fourth-order valence-electron chi connectivity index (χ4n) is 2.17. The molecule has 2 nitrogen and oxygen atoms in total. The summed E-state index contributed by atoms with van der Waals surface area (Å²) in [4.78, 5) is 0. The fourth-order valence-corrected chi connectivity index (χ4v) is 2.65. The highest BCUT2D eigenvalue weighted by molar-refractivity contribution is 9.10. The number of methoxy groups -OCH3 is 1. The van der Waals surface area contributed by atoms with E-state index < -0.39 is 0 Å². The first kappa shape index (κ1) is 16.3. The maximum atomic E-state index is 14.3. The fraction of sp³-hybridized carbons (Fsp3) is 0.250. The summed E-state index contributed by atoms with van der Waals surface area (Å²) in [5.41, 5.74) is 1.48. The molecule has 1 N–H and O–H groups in total. The number of benzene rings is 2. The summed E-state index contributed by atoms with van der Waals surface area (Å²) in [6, 6.07) is 10.3. The molecular weight excluding hydrogens is 357 g/mol. The normalized spacial score (nSPS) is 12.2. The highest BCUT2D eigenvalue weighted by atomic mass is 79.9. The van der Waals surface area contributed by atoms with Gasteiger partial charge in [0.1, 0.15) is 11.6 Å². The lowest BCUT2D eigenvalue weighted by molar-refractivity contribution is 0.414. The molecule has 1 atom stereocenters. The van der Waals surface area contributed by atoms with E-state index >= 15 is 0 Å². The Balaban J connectivity index is 2.44. The summed E-state index contributed by atoms with van der Waals surface area (Å²) in [6.45, 7) is 2.69. The molecule has 0 spiro atoms. The van der Waals surface area contributed by atoms with Gasteiger partial charge in [0.05, 0.1) is 18.2 Å². The molecule has 0 aliphatic rings. The van der Waals surface area contributed by atoms with E-state index in [1.807, 2.05) is 31.2 Å². The molecule has 0 fully saturated rings. The van der Waals surface area contributed by atoms with E-state index in [2.05, 4.69) is 21.2 Å². The monoisotopic (exact) mass is 371 g/mol. The van der Waals surface area contributed by atoms with Crippen LogP contribution < -0.4 is 10.1 Å². The smallest absolute Gasteiger partial charge is 0.129 e. The number of ether oxygens (including phenoxy) is 1. The highest BCUT2D eigenvalue weighted by Gasteiger charge is 2.19. The van der Waals surface area contributed by atoms with E-state index in [0.717, 1.165) is 11.3 Å². The number of halogens is 3. The van der Waals surface area contributed by atoms with E-state index in [1.54, 1.807) is 13.2 Å². The second-order valence-electron chi connectivity index (χ2n) is 4.55. The minimum Gasteiger partial charge on any atom is -0.497 e. The van der Waals surface area contributed by atoms with Crippen LogP contribution in [0.1, 0.15) is 24.1 Å². The van der Waals surface area contributed by atoms with E-state index in [4.69, 9.17) is 16.3 Å². The zero-order valence-electron chi connectivity index (χ0n) is 11.8. The van der Waals surface area contributed by atoms with Crippen molar-refractivity contribution in [3.05, 3.63) is 62.8 Å². The average Bonchev–Trinajstić information content (AvgIpc) is 2.49. The van der Waals surface area contributed by atoms with E-state index in [-0.39, 0.29) is 11.9 Å². The number of hydrogen-bond acceptors (Lipinski definition) is 2. The topological polar surface area (TPSA) is 21.3 Å². The summed E-state index contributed by atoms with van der Waals surface area (Å²) in [6.07, 6.45) is 0. The van der Waals surface area contributed by atoms with Gasteiger partial charge >= 0.3 is 0 Å². The van der Waals surface area contributed by atoms with E-state index in [1.165, 1.54) is 6.07 Å². The molecule has 0 saturated heterocycles. The Morgan fingerprint density at radius 3 is 2.52 bits per heavy atom. The minimum absolute atomic E-state index is 0.258. The maximum Gasteiger partial charge on any atom is 0.129 e. The van der Waals surface area contributed by atoms with Crippen molar-refractivity contribution < 1.29 is 9.13 Å². The average molecular weight is 373 g/mol. The number of nitrogens with one attached hydrogen (secondary N) is 1. The van der Waals surface area contributed by atoms with Crippen molar-refractivity contribution in [2.24, 2.45) is 0 Å². The van der Waals surface area contributed by atoms with Gasteiger partial charge in [-0.2, -0.15) is 0 Å². The van der Waals surface area contributed by atoms with Gasteiger partial charge in [-0.15, -0.1) is 0 Å². The van der Waals surface area contributed by atoms with Crippen LogP contribution in [0.4, 0.5) is 4.39 Å². The van der Waals surface area contributed by atoms with Gasteiger partial charge in [0.15, 0.2) is 0 Å². The van der Waals surface area contributed by atoms with Crippen LogP contribution >= 0.6 is 27.5 Å². The lowest BCUT2D eigenvalue weighted by Crippen LogP contribution is -2.23. The molecule has 0 aliphatic heterocycles. The van der Waals surface area contributed by atoms with Gasteiger partial charge in [0, 0.05) is 10.0 Å². The standard InChI is InChI=1S/C16H16BrClFNO/c1-3-20-16(10-4-6-11(21-2)7-5-10)12-8-14(18)13(17)9-15(12)19/h4-9,16,20H,3H2,1-2H3. The summed E-state index contributed by atoms with van der Waals surface area (Å²) in [5.74, 6) is 0.469. The molecule has 2 rings (SSSR count). The SMILES string of the molecule is CCNC(c1ccc(OC)cc1)c1cc(Cl)c(Br)cc1F. The van der Waals surface area contributed by atoms with Crippen molar-refractivity contribution in [2.45, 2.75) is 13.0 Å². The molecule has 0 aliphatic carbocycles. The van der Waals surface area contributed by atoms with Crippen molar-refractivity contribution in [3.8, 4) is 5.75 Å². The van der Waals surface area contributed by atoms with Crippen LogP contribution in [0.5, 0.6) is 5.75 Å². The van der Waals surface area contributed by atoms with Crippen LogP contribution in [0.25, 0.3) is 0 Å². The third kappa shape index (κ3) is 3.76. The molecule has 0 amide bonds. The first-order valence-electron chi connectivity index (χ1n) is 6.58. The van der Waals surface area contributed by atoms with Crippen molar-refractivity contribution in [1.29, 1.82) is 0 Å². The molecule has 0 aromatic heterocycles. The van der Waals surface area contributed by atoms with Gasteiger partial charge in [-0.25, -0.2) is 4.39 Å². The molecule has 5 heteroatoms. The van der Waals surface area contributed by atoms with Crippen LogP contribution in [0.3, 0.4) is 0 Å². The van der Waals surface area contributed by atoms with Crippen LogP contribution in [0.15, 0.2) is 40.9 Å². The lowest BCUT2D eigenvalue weighted by Gasteiger charge is -2.20. The maximum absolute atomic E-state index is 14.3. The molecule has 2 aromatic rings. The number of hydrogen-bond donors (Lipinski definition) is 1. The van der Waals surface area contributed by atoms with Crippen molar-refractivity contribution in [2.75, 3.05) is 13.7 Å². The Kier molecular flexibility index (Phi) is 5.62. The second-order valence-corrected chi connectivity index (χ2v) is 5.81. The molecule has 21 heavy (non-hydrogen) atoms. The Hall–Kier alpha value is -1.10. The Morgan fingerprint density at radius 1 is 1.29 bits per heavy atom. The Morgan fingerprint density at radius 2 is 1.95 bits per heavy atom. The lowest BCUT2D eigenvalue weighted by atomic mass is 9.98. The van der Waals surface area contributed by atoms with Gasteiger partial charge in [-0.1, -0.05) is 30.7 Å². The van der Waals surface area contributed by atoms with Crippen molar-refractivity contribution >= 4 is 27.5 Å². The van der Waals surface area contributed by atoms with Crippen molar-refractivity contribution in [1.82, 2.24) is 5.32 Å². The predicted molar refractivity (Wildman–Crippen MR) is 87.6 cm³/mol. The van der Waals surface area contributed by atoms with E-state index in [0.29, 0.717) is 21.6 Å². The molecule has 0 bridgehead atoms. The number of rotatable bonds is 5. The van der Waals surface area contributed by atoms with Gasteiger partial charge in [0.25, 0.3) is 0 Å². The molecule has 112 valence electrons. The summed E-state index contributed by atoms with van der Waals surface area (Å²) in [7, 11) is 1.62. The Bertz CT molecular complexity index is 618. The molecule has 2 aromatic carbocycles. The third-order valence-corrected chi connectivity index (χ3v) is 4.41. The summed E-state index contributed by atoms with van der Waals surface area (Å²) >= 11 is 9.34. The first-order valence-corrected chi connectivity index (χ1v) is 7.75. The van der Waals surface area contributed by atoms with Crippen LogP contribution in [-0.2, 0) is 0 Å². The van der Waals surface area contributed by atoms with Crippen LogP contribution in [-0.4, -0.2) is 13.7 Å². The second kappa shape index (κ2) is 7.25. The first-order chi connectivity index (χ1) is 10.1. The molecular formula is C16H16BrClFNO. The quantitative estimate of drug-likeness (QED) is 0.750. The summed E-state index contributed by atoms with van der Waals surface area (Å²) < 4.78 is 20.0. The van der Waals surface area contributed by atoms with Crippen LogP contribution in [0, 0.1) is 5.82 Å². The highest BCUT2D eigenvalue weighted by Crippen LogP contribution is 2.32. The zero-order valence-corrected chi connectivity index (χ0v) is 14.1. The van der Waals surface area contributed by atoms with Gasteiger partial charge in [-0.3, -0.25) is 0 Å². The summed E-state index contributed by atoms with van der Waals surface area (Å²) in [5, 5.41) is 3.77. The Labute approximate surface area is 137 Å². The largest absolute Gasteiger partial charge is 0.497 e. The van der Waals surface area contributed by atoms with Crippen molar-refractivity contribution in [3.63, 3.8) is 0 Å². The molecule has 1 unspecified atom stereocenters. The van der Waals surface area contributed by atoms with Gasteiger partial charge in [-0.05, 0) is 52.3 Å². The van der Waals surface area contributed by atoms with Gasteiger partial charge in [0.2, 0.25) is 0 Å². The van der Waals surface area contributed by atoms with Crippen LogP contribution in [0.2, 0.25) is 5.02 Å². The van der Waals surface area contributed by atoms with E-state index in [9.17, 15) is 4.39 Å². The molecule has 0 heterocycles. The third-order valence-electron chi connectivity index (χ3n) is 3.21.